The van der Waals surface area contributed by atoms with Crippen molar-refractivity contribution in [2.24, 2.45) is 0 Å². The number of rotatable bonds is 4. The molecule has 0 fully saturated rings. The fourth-order valence-electron chi connectivity index (χ4n) is 2.04. The summed E-state index contributed by atoms with van der Waals surface area (Å²) in [4.78, 5) is 0. The van der Waals surface area contributed by atoms with E-state index in [2.05, 4.69) is 21.2 Å². The van der Waals surface area contributed by atoms with Crippen LogP contribution in [0.3, 0.4) is 0 Å². The molecule has 0 aliphatic heterocycles. The third-order valence-corrected chi connectivity index (χ3v) is 3.69. The topological polar surface area (TPSA) is 32.3 Å². The Bertz CT molecular complexity index is 601. The van der Waals surface area contributed by atoms with Crippen LogP contribution in [0.25, 0.3) is 0 Å². The third-order valence-electron chi connectivity index (χ3n) is 2.98. The van der Waals surface area contributed by atoms with Crippen molar-refractivity contribution in [2.75, 3.05) is 5.32 Å². The zero-order valence-electron chi connectivity index (χ0n) is 10.8. The first-order valence-electron chi connectivity index (χ1n) is 6.20. The standard InChI is InChI=1S/C15H14BrClFNO/c1-2-14(13-5-9(16)3-4-15(13)20)19-12-7-10(17)6-11(18)8-12/h3-8,14,19-20H,2H2,1H3. The minimum absolute atomic E-state index is 0.134. The van der Waals surface area contributed by atoms with Crippen molar-refractivity contribution in [1.29, 1.82) is 0 Å². The Morgan fingerprint density at radius 3 is 2.70 bits per heavy atom. The summed E-state index contributed by atoms with van der Waals surface area (Å²) in [5.74, 6) is -0.191. The molecule has 0 spiro atoms. The first-order chi connectivity index (χ1) is 9.49. The van der Waals surface area contributed by atoms with Crippen molar-refractivity contribution in [3.8, 4) is 5.75 Å². The molecule has 0 aromatic heterocycles. The monoisotopic (exact) mass is 357 g/mol. The van der Waals surface area contributed by atoms with Gasteiger partial charge in [0.25, 0.3) is 0 Å². The molecule has 1 unspecified atom stereocenters. The molecule has 20 heavy (non-hydrogen) atoms. The van der Waals surface area contributed by atoms with E-state index in [4.69, 9.17) is 11.6 Å². The Kier molecular flexibility index (Phi) is 4.89. The van der Waals surface area contributed by atoms with Crippen LogP contribution in [-0.4, -0.2) is 5.11 Å². The Hall–Kier alpha value is -1.26. The van der Waals surface area contributed by atoms with Gasteiger partial charge < -0.3 is 10.4 Å². The van der Waals surface area contributed by atoms with Gasteiger partial charge >= 0.3 is 0 Å². The molecule has 0 saturated heterocycles. The van der Waals surface area contributed by atoms with Crippen LogP contribution in [0.4, 0.5) is 10.1 Å². The first kappa shape index (κ1) is 15.1. The summed E-state index contributed by atoms with van der Waals surface area (Å²) in [7, 11) is 0. The summed E-state index contributed by atoms with van der Waals surface area (Å²) in [5, 5.41) is 13.5. The summed E-state index contributed by atoms with van der Waals surface area (Å²) < 4.78 is 14.2. The second kappa shape index (κ2) is 6.46. The van der Waals surface area contributed by atoms with Crippen LogP contribution in [-0.2, 0) is 0 Å². The molecule has 106 valence electrons. The second-order valence-corrected chi connectivity index (χ2v) is 5.82. The smallest absolute Gasteiger partial charge is 0.126 e. The van der Waals surface area contributed by atoms with Crippen LogP contribution < -0.4 is 5.32 Å². The molecule has 0 heterocycles. The van der Waals surface area contributed by atoms with Gasteiger partial charge in [-0.3, -0.25) is 0 Å². The zero-order valence-corrected chi connectivity index (χ0v) is 13.2. The van der Waals surface area contributed by atoms with Crippen molar-refractivity contribution in [1.82, 2.24) is 0 Å². The number of anilines is 1. The highest BCUT2D eigenvalue weighted by molar-refractivity contribution is 9.10. The van der Waals surface area contributed by atoms with Gasteiger partial charge in [0.15, 0.2) is 0 Å². The van der Waals surface area contributed by atoms with E-state index in [0.717, 1.165) is 16.5 Å². The lowest BCUT2D eigenvalue weighted by Crippen LogP contribution is -2.10. The van der Waals surface area contributed by atoms with Crippen molar-refractivity contribution in [3.05, 3.63) is 57.3 Å². The lowest BCUT2D eigenvalue weighted by Gasteiger charge is -2.20. The Morgan fingerprint density at radius 1 is 1.30 bits per heavy atom. The van der Waals surface area contributed by atoms with Crippen LogP contribution >= 0.6 is 27.5 Å². The molecule has 0 amide bonds. The van der Waals surface area contributed by atoms with E-state index < -0.39 is 5.82 Å². The normalized spacial score (nSPS) is 12.2. The summed E-state index contributed by atoms with van der Waals surface area (Å²) in [6, 6.07) is 9.39. The SMILES string of the molecule is CCC(Nc1cc(F)cc(Cl)c1)c1cc(Br)ccc1O. The number of aromatic hydroxyl groups is 1. The minimum atomic E-state index is -0.395. The fraction of sp³-hybridized carbons (Fsp3) is 0.200. The molecule has 0 aliphatic carbocycles. The third kappa shape index (κ3) is 3.64. The van der Waals surface area contributed by atoms with Gasteiger partial charge in [-0.05, 0) is 42.8 Å². The summed E-state index contributed by atoms with van der Waals surface area (Å²) in [5.41, 5.74) is 1.34. The lowest BCUT2D eigenvalue weighted by atomic mass is 10.0. The minimum Gasteiger partial charge on any atom is -0.508 e. The van der Waals surface area contributed by atoms with Crippen molar-refractivity contribution in [3.63, 3.8) is 0 Å². The van der Waals surface area contributed by atoms with Gasteiger partial charge in [0.05, 0.1) is 6.04 Å². The maximum Gasteiger partial charge on any atom is 0.126 e. The van der Waals surface area contributed by atoms with E-state index in [0.29, 0.717) is 10.7 Å². The molecule has 2 rings (SSSR count). The van der Waals surface area contributed by atoms with Gasteiger partial charge in [0.2, 0.25) is 0 Å². The maximum absolute atomic E-state index is 13.3. The van der Waals surface area contributed by atoms with Gasteiger partial charge in [-0.25, -0.2) is 4.39 Å². The Morgan fingerprint density at radius 2 is 2.05 bits per heavy atom. The molecule has 0 radical (unpaired) electrons. The largest absolute Gasteiger partial charge is 0.508 e. The molecule has 2 aromatic rings. The predicted octanol–water partition coefficient (Wildman–Crippen LogP) is 5.51. The van der Waals surface area contributed by atoms with Crippen LogP contribution in [0, 0.1) is 5.82 Å². The van der Waals surface area contributed by atoms with Gasteiger partial charge in [-0.15, -0.1) is 0 Å². The lowest BCUT2D eigenvalue weighted by molar-refractivity contribution is 0.462. The first-order valence-corrected chi connectivity index (χ1v) is 7.37. The van der Waals surface area contributed by atoms with Crippen molar-refractivity contribution in [2.45, 2.75) is 19.4 Å². The number of hydrogen-bond acceptors (Lipinski definition) is 2. The molecule has 1 atom stereocenters. The highest BCUT2D eigenvalue weighted by atomic mass is 79.9. The van der Waals surface area contributed by atoms with Crippen LogP contribution in [0.2, 0.25) is 5.02 Å². The number of hydrogen-bond donors (Lipinski definition) is 2. The molecular weight excluding hydrogens is 345 g/mol. The van der Waals surface area contributed by atoms with Crippen LogP contribution in [0.15, 0.2) is 40.9 Å². The van der Waals surface area contributed by atoms with E-state index >= 15 is 0 Å². The summed E-state index contributed by atoms with van der Waals surface area (Å²) in [6.07, 6.45) is 0.734. The van der Waals surface area contributed by atoms with E-state index in [1.165, 1.54) is 12.1 Å². The van der Waals surface area contributed by atoms with Crippen LogP contribution in [0.5, 0.6) is 5.75 Å². The van der Waals surface area contributed by atoms with Gasteiger partial charge in [-0.2, -0.15) is 0 Å². The molecule has 5 heteroatoms. The second-order valence-electron chi connectivity index (χ2n) is 4.47. The molecule has 2 aromatic carbocycles. The van der Waals surface area contributed by atoms with Gasteiger partial charge in [0.1, 0.15) is 11.6 Å². The average Bonchev–Trinajstić information content (AvgIpc) is 2.38. The molecular formula is C15H14BrClFNO. The number of halogens is 3. The van der Waals surface area contributed by atoms with Gasteiger partial charge in [-0.1, -0.05) is 34.5 Å². The molecule has 0 bridgehead atoms. The molecule has 2 N–H and O–H groups in total. The molecule has 0 saturated carbocycles. The van der Waals surface area contributed by atoms with Crippen molar-refractivity contribution >= 4 is 33.2 Å². The van der Waals surface area contributed by atoms with E-state index in [9.17, 15) is 9.50 Å². The molecule has 2 nitrogen and oxygen atoms in total. The zero-order chi connectivity index (χ0) is 14.7. The Balaban J connectivity index is 2.31. The quantitative estimate of drug-likeness (QED) is 0.755. The summed E-state index contributed by atoms with van der Waals surface area (Å²) in [6.45, 7) is 1.99. The highest BCUT2D eigenvalue weighted by Crippen LogP contribution is 2.32. The van der Waals surface area contributed by atoms with Gasteiger partial charge in [0, 0.05) is 20.7 Å². The summed E-state index contributed by atoms with van der Waals surface area (Å²) >= 11 is 9.22. The number of phenolic OH excluding ortho intramolecular Hbond substituents is 1. The average molecular weight is 359 g/mol. The number of benzene rings is 2. The predicted molar refractivity (Wildman–Crippen MR) is 83.9 cm³/mol. The van der Waals surface area contributed by atoms with E-state index in [1.807, 2.05) is 13.0 Å². The fourth-order valence-corrected chi connectivity index (χ4v) is 2.64. The number of nitrogens with one attached hydrogen (secondary N) is 1. The van der Waals surface area contributed by atoms with Crippen LogP contribution in [0.1, 0.15) is 24.9 Å². The van der Waals surface area contributed by atoms with E-state index in [1.54, 1.807) is 18.2 Å². The van der Waals surface area contributed by atoms with E-state index in [-0.39, 0.29) is 11.8 Å². The Labute approximate surface area is 130 Å². The maximum atomic E-state index is 13.3. The molecule has 0 aliphatic rings. The highest BCUT2D eigenvalue weighted by Gasteiger charge is 2.14. The number of phenols is 1. The van der Waals surface area contributed by atoms with Crippen molar-refractivity contribution < 1.29 is 9.50 Å².